The molecule has 1 aromatic rings. The summed E-state index contributed by atoms with van der Waals surface area (Å²) in [4.78, 5) is 0. The standard InChI is InChI=1S/C15H17N/c1-12-9-10-15(13(2)11-12)16-14-7-5-3-4-6-8-14/h3-7,9-11,16H,8H2,1-2H3. The summed E-state index contributed by atoms with van der Waals surface area (Å²) in [6, 6.07) is 6.48. The highest BCUT2D eigenvalue weighted by Crippen LogP contribution is 2.19. The first-order valence-electron chi connectivity index (χ1n) is 5.62. The summed E-state index contributed by atoms with van der Waals surface area (Å²) < 4.78 is 0. The molecule has 0 unspecified atom stereocenters. The van der Waals surface area contributed by atoms with Gasteiger partial charge in [-0.15, -0.1) is 0 Å². The molecule has 0 bridgehead atoms. The van der Waals surface area contributed by atoms with Gasteiger partial charge >= 0.3 is 0 Å². The molecule has 0 fully saturated rings. The van der Waals surface area contributed by atoms with Gasteiger partial charge in [0.25, 0.3) is 0 Å². The number of benzene rings is 1. The summed E-state index contributed by atoms with van der Waals surface area (Å²) >= 11 is 0. The van der Waals surface area contributed by atoms with Crippen molar-refractivity contribution in [3.05, 3.63) is 65.4 Å². The molecule has 0 radical (unpaired) electrons. The van der Waals surface area contributed by atoms with Gasteiger partial charge in [-0.25, -0.2) is 0 Å². The maximum atomic E-state index is 3.47. The summed E-state index contributed by atoms with van der Waals surface area (Å²) in [5.74, 6) is 0. The number of nitrogens with one attached hydrogen (secondary N) is 1. The van der Waals surface area contributed by atoms with Gasteiger partial charge in [-0.05, 0) is 31.6 Å². The molecule has 0 atom stereocenters. The van der Waals surface area contributed by atoms with Crippen LogP contribution in [-0.2, 0) is 0 Å². The topological polar surface area (TPSA) is 12.0 Å². The molecule has 1 aliphatic rings. The van der Waals surface area contributed by atoms with Crippen molar-refractivity contribution in [1.29, 1.82) is 0 Å². The van der Waals surface area contributed by atoms with Crippen LogP contribution in [0.15, 0.2) is 54.3 Å². The van der Waals surface area contributed by atoms with Crippen LogP contribution in [0.4, 0.5) is 5.69 Å². The molecule has 1 heteroatoms. The predicted octanol–water partition coefficient (Wildman–Crippen LogP) is 4.12. The van der Waals surface area contributed by atoms with Crippen molar-refractivity contribution in [3.8, 4) is 0 Å². The van der Waals surface area contributed by atoms with E-state index in [4.69, 9.17) is 0 Å². The van der Waals surface area contributed by atoms with Crippen LogP contribution in [0.3, 0.4) is 0 Å². The van der Waals surface area contributed by atoms with Crippen LogP contribution in [0.2, 0.25) is 0 Å². The van der Waals surface area contributed by atoms with E-state index < -0.39 is 0 Å². The zero-order valence-corrected chi connectivity index (χ0v) is 9.83. The quantitative estimate of drug-likeness (QED) is 0.776. The third-order valence-electron chi connectivity index (χ3n) is 2.67. The van der Waals surface area contributed by atoms with E-state index in [9.17, 15) is 0 Å². The van der Waals surface area contributed by atoms with Crippen LogP contribution < -0.4 is 5.32 Å². The van der Waals surface area contributed by atoms with Crippen molar-refractivity contribution in [2.24, 2.45) is 0 Å². The number of aryl methyl sites for hydroxylation is 2. The average Bonchev–Trinajstić information content (AvgIpc) is 2.51. The molecule has 1 aliphatic carbocycles. The lowest BCUT2D eigenvalue weighted by Gasteiger charge is -2.11. The lowest BCUT2D eigenvalue weighted by molar-refractivity contribution is 1.21. The molecule has 0 aliphatic heterocycles. The van der Waals surface area contributed by atoms with E-state index in [-0.39, 0.29) is 0 Å². The Labute approximate surface area is 97.2 Å². The van der Waals surface area contributed by atoms with Crippen LogP contribution in [0.5, 0.6) is 0 Å². The molecule has 1 N–H and O–H groups in total. The van der Waals surface area contributed by atoms with E-state index in [1.54, 1.807) is 0 Å². The third-order valence-corrected chi connectivity index (χ3v) is 2.67. The van der Waals surface area contributed by atoms with Gasteiger partial charge in [0.2, 0.25) is 0 Å². The van der Waals surface area contributed by atoms with Crippen LogP contribution in [0.25, 0.3) is 0 Å². The molecule has 0 saturated carbocycles. The Morgan fingerprint density at radius 2 is 1.94 bits per heavy atom. The first-order valence-corrected chi connectivity index (χ1v) is 5.62. The number of hydrogen-bond donors (Lipinski definition) is 1. The van der Waals surface area contributed by atoms with E-state index in [1.165, 1.54) is 22.5 Å². The Kier molecular flexibility index (Phi) is 3.25. The molecule has 0 aromatic heterocycles. The second-order valence-electron chi connectivity index (χ2n) is 4.15. The monoisotopic (exact) mass is 211 g/mol. The van der Waals surface area contributed by atoms with Crippen LogP contribution >= 0.6 is 0 Å². The predicted molar refractivity (Wildman–Crippen MR) is 70.5 cm³/mol. The summed E-state index contributed by atoms with van der Waals surface area (Å²) in [6.07, 6.45) is 11.4. The van der Waals surface area contributed by atoms with Gasteiger partial charge in [0, 0.05) is 17.8 Å². The minimum absolute atomic E-state index is 0.959. The fourth-order valence-electron chi connectivity index (χ4n) is 1.80. The molecule has 0 amide bonds. The number of allylic oxidation sites excluding steroid dienone is 5. The van der Waals surface area contributed by atoms with E-state index in [0.29, 0.717) is 0 Å². The van der Waals surface area contributed by atoms with Crippen molar-refractivity contribution in [2.45, 2.75) is 20.3 Å². The molecular weight excluding hydrogens is 194 g/mol. The molecular formula is C15H17N. The Balaban J connectivity index is 2.17. The molecule has 0 spiro atoms. The molecule has 2 rings (SSSR count). The van der Waals surface area contributed by atoms with Gasteiger partial charge < -0.3 is 5.32 Å². The van der Waals surface area contributed by atoms with Crippen LogP contribution in [0.1, 0.15) is 17.5 Å². The minimum atomic E-state index is 0.959. The highest BCUT2D eigenvalue weighted by atomic mass is 14.9. The molecule has 1 aromatic carbocycles. The zero-order chi connectivity index (χ0) is 11.4. The Hall–Kier alpha value is -1.76. The van der Waals surface area contributed by atoms with E-state index >= 15 is 0 Å². The van der Waals surface area contributed by atoms with Gasteiger partial charge in [0.1, 0.15) is 0 Å². The Bertz CT molecular complexity index is 464. The lowest BCUT2D eigenvalue weighted by Crippen LogP contribution is -2.00. The van der Waals surface area contributed by atoms with Gasteiger partial charge in [-0.1, -0.05) is 42.0 Å². The minimum Gasteiger partial charge on any atom is -0.358 e. The van der Waals surface area contributed by atoms with Gasteiger partial charge in [-0.3, -0.25) is 0 Å². The molecule has 0 heterocycles. The molecule has 16 heavy (non-hydrogen) atoms. The second kappa shape index (κ2) is 4.84. The second-order valence-corrected chi connectivity index (χ2v) is 4.15. The van der Waals surface area contributed by atoms with E-state index in [1.807, 2.05) is 0 Å². The fourth-order valence-corrected chi connectivity index (χ4v) is 1.80. The first-order chi connectivity index (χ1) is 7.75. The smallest absolute Gasteiger partial charge is 0.0411 e. The molecule has 1 nitrogen and oxygen atoms in total. The van der Waals surface area contributed by atoms with Crippen molar-refractivity contribution in [3.63, 3.8) is 0 Å². The SMILES string of the molecule is Cc1ccc(NC2=CC=CC=CC2)c(C)c1. The normalized spacial score (nSPS) is 14.5. The molecule has 0 saturated heterocycles. The molecule has 82 valence electrons. The maximum Gasteiger partial charge on any atom is 0.0411 e. The van der Waals surface area contributed by atoms with Gasteiger partial charge in [-0.2, -0.15) is 0 Å². The van der Waals surface area contributed by atoms with Gasteiger partial charge in [0.15, 0.2) is 0 Å². The Morgan fingerprint density at radius 3 is 2.75 bits per heavy atom. The summed E-state index contributed by atoms with van der Waals surface area (Å²) in [6.45, 7) is 4.26. The van der Waals surface area contributed by atoms with Crippen molar-refractivity contribution in [1.82, 2.24) is 0 Å². The van der Waals surface area contributed by atoms with Crippen molar-refractivity contribution in [2.75, 3.05) is 5.32 Å². The van der Waals surface area contributed by atoms with Crippen molar-refractivity contribution >= 4 is 5.69 Å². The van der Waals surface area contributed by atoms with Crippen LogP contribution in [0, 0.1) is 13.8 Å². The Morgan fingerprint density at radius 1 is 1.06 bits per heavy atom. The van der Waals surface area contributed by atoms with Gasteiger partial charge in [0.05, 0.1) is 0 Å². The fraction of sp³-hybridized carbons (Fsp3) is 0.200. The first kappa shape index (κ1) is 10.7. The number of rotatable bonds is 2. The maximum absolute atomic E-state index is 3.47. The summed E-state index contributed by atoms with van der Waals surface area (Å²) in [5, 5.41) is 3.47. The summed E-state index contributed by atoms with van der Waals surface area (Å²) in [5.41, 5.74) is 5.02. The largest absolute Gasteiger partial charge is 0.358 e. The number of hydrogen-bond acceptors (Lipinski definition) is 1. The third kappa shape index (κ3) is 2.63. The number of anilines is 1. The van der Waals surface area contributed by atoms with Crippen molar-refractivity contribution < 1.29 is 0 Å². The van der Waals surface area contributed by atoms with Crippen LogP contribution in [-0.4, -0.2) is 0 Å². The zero-order valence-electron chi connectivity index (χ0n) is 9.83. The van der Waals surface area contributed by atoms with E-state index in [2.05, 4.69) is 67.7 Å². The average molecular weight is 211 g/mol. The lowest BCUT2D eigenvalue weighted by atomic mass is 10.1. The summed E-state index contributed by atoms with van der Waals surface area (Å²) in [7, 11) is 0. The highest BCUT2D eigenvalue weighted by molar-refractivity contribution is 5.56. The van der Waals surface area contributed by atoms with E-state index in [0.717, 1.165) is 6.42 Å². The highest BCUT2D eigenvalue weighted by Gasteiger charge is 2.00.